The zero-order chi connectivity index (χ0) is 16.2. The number of fused-ring (bicyclic) bond motifs is 2. The number of nitrogens with one attached hydrogen (secondary N) is 1. The predicted molar refractivity (Wildman–Crippen MR) is 84.3 cm³/mol. The molecule has 3 heteroatoms. The van der Waals surface area contributed by atoms with Gasteiger partial charge in [0, 0.05) is 5.92 Å². The normalized spacial score (nSPS) is 39.4. The number of imide groups is 1. The molecule has 0 spiro atoms. The molecule has 0 aliphatic heterocycles. The second kappa shape index (κ2) is 5.10. The van der Waals surface area contributed by atoms with Gasteiger partial charge in [-0.15, -0.1) is 0 Å². The van der Waals surface area contributed by atoms with Gasteiger partial charge in [0.05, 0.1) is 0 Å². The van der Waals surface area contributed by atoms with E-state index in [9.17, 15) is 9.59 Å². The number of carbonyl (C=O) groups excluding carboxylic acids is 2. The summed E-state index contributed by atoms with van der Waals surface area (Å²) < 4.78 is 0. The summed E-state index contributed by atoms with van der Waals surface area (Å²) in [7, 11) is 0. The molecule has 2 aliphatic rings. The van der Waals surface area contributed by atoms with Gasteiger partial charge in [-0.2, -0.15) is 0 Å². The topological polar surface area (TPSA) is 46.2 Å². The van der Waals surface area contributed by atoms with E-state index in [1.165, 1.54) is 0 Å². The van der Waals surface area contributed by atoms with E-state index in [0.717, 1.165) is 6.42 Å². The lowest BCUT2D eigenvalue weighted by atomic mass is 9.55. The molecule has 6 unspecified atom stereocenters. The van der Waals surface area contributed by atoms with Gasteiger partial charge in [0.15, 0.2) is 0 Å². The maximum Gasteiger partial charge on any atom is 0.230 e. The standard InChI is InChI=1S/C18H31NO2/c1-10-11-8-12(13(10)16(21)19-9-20)15(18(5,6)7)14(11)17(2,3)4/h9-15H,8H2,1-7H3,(H,19,20,21). The van der Waals surface area contributed by atoms with Gasteiger partial charge >= 0.3 is 0 Å². The van der Waals surface area contributed by atoms with E-state index in [1.807, 2.05) is 0 Å². The highest BCUT2D eigenvalue weighted by molar-refractivity contribution is 5.88. The first-order valence-electron chi connectivity index (χ1n) is 8.24. The first-order chi connectivity index (χ1) is 9.50. The molecule has 0 heterocycles. The minimum atomic E-state index is -0.0633. The molecule has 0 aromatic rings. The molecule has 2 aliphatic carbocycles. The molecule has 6 atom stereocenters. The van der Waals surface area contributed by atoms with Crippen LogP contribution in [-0.4, -0.2) is 12.3 Å². The Morgan fingerprint density at radius 2 is 1.48 bits per heavy atom. The van der Waals surface area contributed by atoms with Crippen molar-refractivity contribution in [2.24, 2.45) is 46.3 Å². The fourth-order valence-corrected chi connectivity index (χ4v) is 5.66. The van der Waals surface area contributed by atoms with Crippen LogP contribution < -0.4 is 5.32 Å². The van der Waals surface area contributed by atoms with Crippen molar-refractivity contribution in [2.75, 3.05) is 0 Å². The predicted octanol–water partition coefficient (Wildman–Crippen LogP) is 3.49. The van der Waals surface area contributed by atoms with Crippen LogP contribution in [0.15, 0.2) is 0 Å². The van der Waals surface area contributed by atoms with E-state index < -0.39 is 0 Å². The Balaban J connectivity index is 2.38. The summed E-state index contributed by atoms with van der Waals surface area (Å²) in [5.74, 6) is 2.52. The van der Waals surface area contributed by atoms with Crippen LogP contribution in [0.25, 0.3) is 0 Å². The lowest BCUT2D eigenvalue weighted by Gasteiger charge is -2.50. The lowest BCUT2D eigenvalue weighted by Crippen LogP contribution is -2.49. The van der Waals surface area contributed by atoms with Crippen LogP contribution in [0, 0.1) is 46.3 Å². The third kappa shape index (κ3) is 2.64. The summed E-state index contributed by atoms with van der Waals surface area (Å²) in [6, 6.07) is 0. The van der Waals surface area contributed by atoms with E-state index in [1.54, 1.807) is 0 Å². The van der Waals surface area contributed by atoms with E-state index in [4.69, 9.17) is 0 Å². The van der Waals surface area contributed by atoms with Crippen molar-refractivity contribution >= 4 is 12.3 Å². The lowest BCUT2D eigenvalue weighted by molar-refractivity contribution is -0.135. The van der Waals surface area contributed by atoms with Crippen molar-refractivity contribution in [1.29, 1.82) is 0 Å². The average molecular weight is 293 g/mol. The average Bonchev–Trinajstić information content (AvgIpc) is 2.81. The second-order valence-corrected chi connectivity index (χ2v) is 9.36. The summed E-state index contributed by atoms with van der Waals surface area (Å²) in [6.45, 7) is 16.1. The monoisotopic (exact) mass is 293 g/mol. The molecule has 2 saturated carbocycles. The molecule has 3 nitrogen and oxygen atoms in total. The summed E-state index contributed by atoms with van der Waals surface area (Å²) in [6.07, 6.45) is 1.68. The smallest absolute Gasteiger partial charge is 0.230 e. The quantitative estimate of drug-likeness (QED) is 0.792. The Morgan fingerprint density at radius 1 is 1.00 bits per heavy atom. The summed E-state index contributed by atoms with van der Waals surface area (Å²) in [5.41, 5.74) is 0.453. The van der Waals surface area contributed by atoms with E-state index in [0.29, 0.717) is 36.0 Å². The fraction of sp³-hybridized carbons (Fsp3) is 0.889. The van der Waals surface area contributed by atoms with Gasteiger partial charge in [0.2, 0.25) is 12.3 Å². The minimum absolute atomic E-state index is 0.00280. The largest absolute Gasteiger partial charge is 0.299 e. The number of amides is 2. The molecular weight excluding hydrogens is 262 g/mol. The van der Waals surface area contributed by atoms with Gasteiger partial charge in [-0.1, -0.05) is 48.5 Å². The second-order valence-electron chi connectivity index (χ2n) is 9.36. The third-order valence-electron chi connectivity index (χ3n) is 6.06. The van der Waals surface area contributed by atoms with Crippen LogP contribution in [0.1, 0.15) is 54.9 Å². The van der Waals surface area contributed by atoms with Crippen molar-refractivity contribution < 1.29 is 9.59 Å². The molecule has 0 aromatic carbocycles. The number of hydrogen-bond acceptors (Lipinski definition) is 2. The van der Waals surface area contributed by atoms with Gasteiger partial charge in [-0.05, 0) is 46.8 Å². The molecule has 21 heavy (non-hydrogen) atoms. The maximum atomic E-state index is 12.3. The van der Waals surface area contributed by atoms with Crippen LogP contribution in [0.3, 0.4) is 0 Å². The molecule has 0 aromatic heterocycles. The Kier molecular flexibility index (Phi) is 4.01. The SMILES string of the molecule is CC1C2CC(C1C(=O)NC=O)C(C(C)(C)C)C2C(C)(C)C. The molecule has 2 rings (SSSR count). The third-order valence-corrected chi connectivity index (χ3v) is 6.06. The van der Waals surface area contributed by atoms with Gasteiger partial charge in [0.1, 0.15) is 0 Å². The van der Waals surface area contributed by atoms with Crippen molar-refractivity contribution in [3.05, 3.63) is 0 Å². The summed E-state index contributed by atoms with van der Waals surface area (Å²) in [4.78, 5) is 23.0. The van der Waals surface area contributed by atoms with Gasteiger partial charge in [-0.25, -0.2) is 0 Å². The van der Waals surface area contributed by atoms with E-state index in [2.05, 4.69) is 53.8 Å². The summed E-state index contributed by atoms with van der Waals surface area (Å²) in [5, 5.41) is 2.41. The zero-order valence-corrected chi connectivity index (χ0v) is 14.6. The van der Waals surface area contributed by atoms with Crippen LogP contribution in [0.4, 0.5) is 0 Å². The molecule has 0 radical (unpaired) electrons. The Labute approximate surface area is 129 Å². The number of hydrogen-bond donors (Lipinski definition) is 1. The molecule has 2 amide bonds. The Bertz CT molecular complexity index is 429. The highest BCUT2D eigenvalue weighted by Crippen LogP contribution is 2.66. The molecule has 2 fully saturated rings. The molecule has 0 saturated heterocycles. The molecular formula is C18H31NO2. The van der Waals surface area contributed by atoms with Crippen LogP contribution >= 0.6 is 0 Å². The first kappa shape index (κ1) is 16.5. The van der Waals surface area contributed by atoms with Crippen LogP contribution in [0.2, 0.25) is 0 Å². The van der Waals surface area contributed by atoms with Crippen LogP contribution in [0.5, 0.6) is 0 Å². The number of rotatable bonds is 2. The first-order valence-corrected chi connectivity index (χ1v) is 8.24. The highest BCUT2D eigenvalue weighted by atomic mass is 16.2. The maximum absolute atomic E-state index is 12.3. The van der Waals surface area contributed by atoms with Crippen molar-refractivity contribution in [3.8, 4) is 0 Å². The van der Waals surface area contributed by atoms with Crippen molar-refractivity contribution in [3.63, 3.8) is 0 Å². The Morgan fingerprint density at radius 3 is 1.90 bits per heavy atom. The van der Waals surface area contributed by atoms with Gasteiger partial charge < -0.3 is 0 Å². The fourth-order valence-electron chi connectivity index (χ4n) is 5.66. The molecule has 1 N–H and O–H groups in total. The van der Waals surface area contributed by atoms with E-state index in [-0.39, 0.29) is 22.7 Å². The van der Waals surface area contributed by atoms with Crippen LogP contribution in [-0.2, 0) is 9.59 Å². The van der Waals surface area contributed by atoms with Crippen molar-refractivity contribution in [1.82, 2.24) is 5.32 Å². The molecule has 120 valence electrons. The minimum Gasteiger partial charge on any atom is -0.299 e. The Hall–Kier alpha value is -0.860. The van der Waals surface area contributed by atoms with Gasteiger partial charge in [0.25, 0.3) is 0 Å². The number of carbonyl (C=O) groups is 2. The van der Waals surface area contributed by atoms with Gasteiger partial charge in [-0.3, -0.25) is 14.9 Å². The van der Waals surface area contributed by atoms with Crippen molar-refractivity contribution in [2.45, 2.75) is 54.9 Å². The summed E-state index contributed by atoms with van der Waals surface area (Å²) >= 11 is 0. The van der Waals surface area contributed by atoms with E-state index >= 15 is 0 Å². The zero-order valence-electron chi connectivity index (χ0n) is 14.6. The molecule has 2 bridgehead atoms. The highest BCUT2D eigenvalue weighted by Gasteiger charge is 2.62.